The van der Waals surface area contributed by atoms with Crippen molar-refractivity contribution in [2.24, 2.45) is 0 Å². The van der Waals surface area contributed by atoms with Gasteiger partial charge in [-0.25, -0.2) is 9.97 Å². The first-order valence-electron chi connectivity index (χ1n) is 9.42. The number of carboxylic acids is 1. The first-order chi connectivity index (χ1) is 14.4. The highest BCUT2D eigenvalue weighted by atomic mass is 16.6. The molecule has 1 aromatic heterocycles. The Kier molecular flexibility index (Phi) is 6.26. The number of nitrogens with zero attached hydrogens (tertiary/aromatic N) is 3. The number of aromatic nitrogens is 2. The van der Waals surface area contributed by atoms with Gasteiger partial charge in [0.25, 0.3) is 0 Å². The topological polar surface area (TPSA) is 115 Å². The van der Waals surface area contributed by atoms with Crippen molar-refractivity contribution in [1.29, 1.82) is 0 Å². The third-order valence-electron chi connectivity index (χ3n) is 4.75. The minimum Gasteiger partial charge on any atom is -0.545 e. The normalized spacial score (nSPS) is 14.8. The maximum Gasteiger partial charge on any atom is 0.340 e. The van der Waals surface area contributed by atoms with Crippen molar-refractivity contribution in [1.82, 2.24) is 9.97 Å². The molecule has 8 heteroatoms. The van der Waals surface area contributed by atoms with Gasteiger partial charge in [-0.3, -0.25) is 0 Å². The Morgan fingerprint density at radius 2 is 1.83 bits per heavy atom. The minimum atomic E-state index is -1.13. The highest BCUT2D eigenvalue weighted by molar-refractivity contribution is 6.17. The van der Waals surface area contributed by atoms with Crippen molar-refractivity contribution in [3.63, 3.8) is 0 Å². The van der Waals surface area contributed by atoms with Crippen LogP contribution in [-0.2, 0) is 4.79 Å². The summed E-state index contributed by atoms with van der Waals surface area (Å²) in [7, 11) is 0. The second-order valence-corrected chi connectivity index (χ2v) is 6.64. The second-order valence-electron chi connectivity index (χ2n) is 6.64. The predicted molar refractivity (Wildman–Crippen MR) is 112 cm³/mol. The zero-order chi connectivity index (χ0) is 21.7. The van der Waals surface area contributed by atoms with Crippen LogP contribution >= 0.6 is 0 Å². The number of imidazole rings is 1. The van der Waals surface area contributed by atoms with Crippen molar-refractivity contribution in [2.45, 2.75) is 19.9 Å². The van der Waals surface area contributed by atoms with Gasteiger partial charge in [0.1, 0.15) is 6.20 Å². The Hall–Kier alpha value is -3.94. The number of carbonyl (C=O) groups excluding carboxylic acids is 1. The van der Waals surface area contributed by atoms with Crippen molar-refractivity contribution < 1.29 is 14.8 Å². The number of nitrogens with one attached hydrogen (secondary N) is 1. The lowest BCUT2D eigenvalue weighted by Gasteiger charge is -2.37. The fourth-order valence-corrected chi connectivity index (χ4v) is 3.41. The molecule has 0 spiro atoms. The van der Waals surface area contributed by atoms with Gasteiger partial charge < -0.3 is 24.9 Å². The summed E-state index contributed by atoms with van der Waals surface area (Å²) in [4.78, 5) is 29.2. The molecule has 4 rings (SSSR count). The Labute approximate surface area is 173 Å². The summed E-state index contributed by atoms with van der Waals surface area (Å²) in [5, 5.41) is 21.4. The number of hydrogen-bond donors (Lipinski definition) is 1. The fourth-order valence-electron chi connectivity index (χ4n) is 3.41. The molecule has 0 aliphatic carbocycles. The number of nitro groups is 1. The number of rotatable bonds is 4. The maximum atomic E-state index is 11.5. The molecule has 154 valence electrons. The third-order valence-corrected chi connectivity index (χ3v) is 4.75. The van der Waals surface area contributed by atoms with Crippen molar-refractivity contribution in [3.05, 3.63) is 93.9 Å². The number of hydrogen-bond acceptors (Lipinski definition) is 6. The van der Waals surface area contributed by atoms with Crippen molar-refractivity contribution >= 4 is 23.0 Å². The number of anilines is 1. The lowest BCUT2D eigenvalue weighted by Crippen LogP contribution is -2.34. The van der Waals surface area contributed by atoms with E-state index in [0.29, 0.717) is 5.82 Å². The molecule has 1 atom stereocenters. The van der Waals surface area contributed by atoms with E-state index >= 15 is 0 Å². The summed E-state index contributed by atoms with van der Waals surface area (Å²) in [6.45, 7) is 4.53. The molecule has 2 aromatic carbocycles. The highest BCUT2D eigenvalue weighted by Crippen LogP contribution is 2.39. The van der Waals surface area contributed by atoms with Crippen LogP contribution in [0.25, 0.3) is 5.57 Å². The van der Waals surface area contributed by atoms with Crippen LogP contribution in [0.5, 0.6) is 0 Å². The molecule has 0 fully saturated rings. The number of H-pyrrole nitrogens is 1. The van der Waals surface area contributed by atoms with Crippen molar-refractivity contribution in [2.75, 3.05) is 11.4 Å². The molecule has 8 nitrogen and oxygen atoms in total. The molecular weight excluding hydrogens is 384 g/mol. The first kappa shape index (κ1) is 20.8. The number of carboxylic acid groups (broad SMARTS) is 1. The number of aromatic amines is 1. The lowest BCUT2D eigenvalue weighted by atomic mass is 9.91. The molecule has 3 aromatic rings. The summed E-state index contributed by atoms with van der Waals surface area (Å²) in [5.74, 6) is -0.631. The van der Waals surface area contributed by atoms with Gasteiger partial charge >= 0.3 is 5.82 Å². The first-order valence-corrected chi connectivity index (χ1v) is 9.42. The van der Waals surface area contributed by atoms with Crippen LogP contribution in [0.2, 0.25) is 0 Å². The summed E-state index contributed by atoms with van der Waals surface area (Å²) >= 11 is 0. The van der Waals surface area contributed by atoms with Crippen LogP contribution in [-0.4, -0.2) is 27.4 Å². The van der Waals surface area contributed by atoms with Gasteiger partial charge in [-0.1, -0.05) is 48.5 Å². The summed E-state index contributed by atoms with van der Waals surface area (Å²) in [6, 6.07) is 17.4. The number of benzene rings is 2. The monoisotopic (exact) mass is 405 g/mol. The number of fused-ring (bicyclic) bond motifs is 1. The van der Waals surface area contributed by atoms with Gasteiger partial charge in [-0.15, -0.1) is 0 Å². The Bertz CT molecular complexity index is 1080. The molecule has 0 radical (unpaired) electrons. The second kappa shape index (κ2) is 9.04. The molecule has 30 heavy (non-hydrogen) atoms. The Balaban J connectivity index is 0.000000239. The largest absolute Gasteiger partial charge is 0.545 e. The van der Waals surface area contributed by atoms with Crippen LogP contribution in [0.4, 0.5) is 11.5 Å². The summed E-state index contributed by atoms with van der Waals surface area (Å²) in [5.41, 5.74) is 3.01. The smallest absolute Gasteiger partial charge is 0.340 e. The molecule has 1 N–H and O–H groups in total. The SMILES string of the molecule is CCN1c2ccccc2C(C(=O)[O-])=CC1c1ccccc1.Cc1ncc([N+](=O)[O-])[nH]1. The van der Waals surface area contributed by atoms with Crippen LogP contribution in [0.1, 0.15) is 29.9 Å². The van der Waals surface area contributed by atoms with Gasteiger partial charge in [-0.05, 0) is 29.6 Å². The standard InChI is InChI=1S/C18H17NO2.C4H5N3O2/c1-2-19-16-11-7-6-10-14(16)15(18(20)21)12-17(19)13-8-4-3-5-9-13;1-3-5-2-4(6-3)7(8)9/h3-12,17H,2H2,1H3,(H,20,21);2H,1H3,(H,5,6)/p-1. The van der Waals surface area contributed by atoms with Crippen LogP contribution in [0.15, 0.2) is 66.9 Å². The molecule has 0 saturated heterocycles. The number of aryl methyl sites for hydroxylation is 1. The van der Waals surface area contributed by atoms with E-state index in [1.165, 1.54) is 6.20 Å². The molecule has 0 amide bonds. The quantitative estimate of drug-likeness (QED) is 0.527. The molecule has 0 bridgehead atoms. The van der Waals surface area contributed by atoms with Crippen LogP contribution in [0, 0.1) is 17.0 Å². The lowest BCUT2D eigenvalue weighted by molar-refractivity contribution is -0.389. The summed E-state index contributed by atoms with van der Waals surface area (Å²) < 4.78 is 0. The predicted octanol–water partition coefficient (Wildman–Crippen LogP) is 3.03. The number of para-hydroxylation sites is 1. The van der Waals surface area contributed by atoms with E-state index in [1.54, 1.807) is 13.0 Å². The molecule has 1 unspecified atom stereocenters. The molecule has 2 heterocycles. The average molecular weight is 405 g/mol. The van der Waals surface area contributed by atoms with E-state index in [0.717, 1.165) is 23.4 Å². The highest BCUT2D eigenvalue weighted by Gasteiger charge is 2.26. The third kappa shape index (κ3) is 4.38. The average Bonchev–Trinajstić information content (AvgIpc) is 3.20. The van der Waals surface area contributed by atoms with Crippen LogP contribution < -0.4 is 10.0 Å². The zero-order valence-corrected chi connectivity index (χ0v) is 16.6. The van der Waals surface area contributed by atoms with Gasteiger partial charge in [0.15, 0.2) is 5.82 Å². The maximum absolute atomic E-state index is 11.5. The minimum absolute atomic E-state index is 0.0625. The number of carbonyl (C=O) groups is 1. The van der Waals surface area contributed by atoms with E-state index in [2.05, 4.69) is 21.8 Å². The van der Waals surface area contributed by atoms with Gasteiger partial charge in [0, 0.05) is 30.3 Å². The van der Waals surface area contributed by atoms with E-state index in [4.69, 9.17) is 0 Å². The van der Waals surface area contributed by atoms with E-state index in [1.807, 2.05) is 54.6 Å². The zero-order valence-electron chi connectivity index (χ0n) is 16.6. The van der Waals surface area contributed by atoms with E-state index in [9.17, 15) is 20.0 Å². The molecule has 1 aliphatic rings. The number of likely N-dealkylation sites (N-methyl/N-ethyl adjacent to an activating group) is 1. The van der Waals surface area contributed by atoms with Gasteiger partial charge in [0.2, 0.25) is 0 Å². The van der Waals surface area contributed by atoms with Crippen LogP contribution in [0.3, 0.4) is 0 Å². The summed E-state index contributed by atoms with van der Waals surface area (Å²) in [6.07, 6.45) is 2.98. The molecular formula is C22H21N4O4-. The fraction of sp³-hybridized carbons (Fsp3) is 0.182. The van der Waals surface area contributed by atoms with E-state index in [-0.39, 0.29) is 17.4 Å². The Morgan fingerprint density at radius 3 is 2.37 bits per heavy atom. The Morgan fingerprint density at radius 1 is 1.17 bits per heavy atom. The van der Waals surface area contributed by atoms with Gasteiger partial charge in [0.05, 0.1) is 12.0 Å². The van der Waals surface area contributed by atoms with Gasteiger partial charge in [-0.2, -0.15) is 0 Å². The van der Waals surface area contributed by atoms with Crippen molar-refractivity contribution in [3.8, 4) is 0 Å². The van der Waals surface area contributed by atoms with E-state index < -0.39 is 10.9 Å². The number of aliphatic carboxylic acids is 1. The molecule has 1 aliphatic heterocycles. The molecule has 0 saturated carbocycles.